The number of guanidine groups is 1. The lowest BCUT2D eigenvalue weighted by molar-refractivity contribution is 0.0512. The van der Waals surface area contributed by atoms with Gasteiger partial charge in [0.05, 0.1) is 17.2 Å². The molecule has 1 aliphatic rings. The summed E-state index contributed by atoms with van der Waals surface area (Å²) < 4.78 is 5.63. The van der Waals surface area contributed by atoms with Gasteiger partial charge in [0.2, 0.25) is 0 Å². The summed E-state index contributed by atoms with van der Waals surface area (Å²) in [6, 6.07) is 8.15. The Labute approximate surface area is 170 Å². The summed E-state index contributed by atoms with van der Waals surface area (Å²) in [6.07, 6.45) is 1.88. The summed E-state index contributed by atoms with van der Waals surface area (Å²) in [4.78, 5) is 11.1. The van der Waals surface area contributed by atoms with Crippen molar-refractivity contribution in [3.8, 4) is 0 Å². The third-order valence-corrected chi connectivity index (χ3v) is 6.27. The monoisotopic (exact) mass is 406 g/mol. The second-order valence-electron chi connectivity index (χ2n) is 6.99. The quantitative estimate of drug-likeness (QED) is 0.605. The molecule has 0 aliphatic carbocycles. The minimum atomic E-state index is -0.0510. The van der Waals surface area contributed by atoms with Crippen molar-refractivity contribution in [1.82, 2.24) is 15.2 Å². The number of rotatable bonds is 5. The smallest absolute Gasteiger partial charge is 0.193 e. The van der Waals surface area contributed by atoms with E-state index in [2.05, 4.69) is 37.7 Å². The van der Waals surface area contributed by atoms with Crippen molar-refractivity contribution in [2.24, 2.45) is 4.99 Å². The second-order valence-corrected chi connectivity index (χ2v) is 8.46. The molecule has 1 N–H and O–H groups in total. The number of nitrogens with zero attached hydrogens (tertiary/aromatic N) is 3. The standard InChI is InChI=1S/C20H27ClN4OS/c1-15-24-16(13-27-15)12-25(3)19(22-2)23-14-20(8-10-26-11-9-20)17-6-4-5-7-18(17)21/h4-7,13H,8-12,14H2,1-3H3,(H,22,23). The zero-order valence-corrected chi connectivity index (χ0v) is 17.7. The van der Waals surface area contributed by atoms with E-state index in [4.69, 9.17) is 16.3 Å². The summed E-state index contributed by atoms with van der Waals surface area (Å²) in [5.41, 5.74) is 2.20. The van der Waals surface area contributed by atoms with Crippen LogP contribution in [0.2, 0.25) is 5.02 Å². The van der Waals surface area contributed by atoms with Crippen molar-refractivity contribution >= 4 is 28.9 Å². The van der Waals surface area contributed by atoms with E-state index >= 15 is 0 Å². The average molecular weight is 407 g/mol. The number of ether oxygens (including phenoxy) is 1. The molecular weight excluding hydrogens is 380 g/mol. The molecule has 1 saturated heterocycles. The lowest BCUT2D eigenvalue weighted by Crippen LogP contribution is -2.48. The van der Waals surface area contributed by atoms with Crippen molar-refractivity contribution in [3.63, 3.8) is 0 Å². The molecule has 0 saturated carbocycles. The van der Waals surface area contributed by atoms with Crippen LogP contribution in [-0.4, -0.2) is 49.7 Å². The van der Waals surface area contributed by atoms with Gasteiger partial charge in [-0.1, -0.05) is 29.8 Å². The van der Waals surface area contributed by atoms with Gasteiger partial charge in [0.1, 0.15) is 0 Å². The fourth-order valence-corrected chi connectivity index (χ4v) is 4.57. The van der Waals surface area contributed by atoms with Crippen LogP contribution in [0.15, 0.2) is 34.6 Å². The highest BCUT2D eigenvalue weighted by atomic mass is 35.5. The van der Waals surface area contributed by atoms with E-state index in [1.807, 2.05) is 33.2 Å². The molecule has 1 aromatic carbocycles. The molecule has 1 aromatic heterocycles. The van der Waals surface area contributed by atoms with Crippen molar-refractivity contribution < 1.29 is 4.74 Å². The van der Waals surface area contributed by atoms with Gasteiger partial charge in [-0.05, 0) is 31.4 Å². The van der Waals surface area contributed by atoms with Gasteiger partial charge in [0, 0.05) is 49.7 Å². The van der Waals surface area contributed by atoms with Crippen molar-refractivity contribution in [3.05, 3.63) is 50.9 Å². The predicted octanol–water partition coefficient (Wildman–Crippen LogP) is 3.86. The van der Waals surface area contributed by atoms with Crippen molar-refractivity contribution in [2.45, 2.75) is 31.7 Å². The molecular formula is C20H27ClN4OS. The van der Waals surface area contributed by atoms with Gasteiger partial charge in [-0.2, -0.15) is 0 Å². The molecule has 1 fully saturated rings. The number of hydrogen-bond donors (Lipinski definition) is 1. The van der Waals surface area contributed by atoms with E-state index in [0.717, 1.165) is 60.8 Å². The zero-order valence-electron chi connectivity index (χ0n) is 16.2. The summed E-state index contributed by atoms with van der Waals surface area (Å²) >= 11 is 8.23. The minimum Gasteiger partial charge on any atom is -0.381 e. The molecule has 0 amide bonds. The van der Waals surface area contributed by atoms with Gasteiger partial charge in [-0.25, -0.2) is 4.98 Å². The summed E-state index contributed by atoms with van der Waals surface area (Å²) in [6.45, 7) is 5.03. The molecule has 3 rings (SSSR count). The van der Waals surface area contributed by atoms with E-state index in [-0.39, 0.29) is 5.41 Å². The maximum absolute atomic E-state index is 6.55. The molecule has 1 aliphatic heterocycles. The molecule has 7 heteroatoms. The van der Waals surface area contributed by atoms with E-state index < -0.39 is 0 Å². The third-order valence-electron chi connectivity index (χ3n) is 5.12. The molecule has 5 nitrogen and oxygen atoms in total. The Balaban J connectivity index is 1.73. The van der Waals surface area contributed by atoms with Crippen molar-refractivity contribution in [2.75, 3.05) is 33.9 Å². The maximum Gasteiger partial charge on any atom is 0.193 e. The van der Waals surface area contributed by atoms with Crippen LogP contribution in [-0.2, 0) is 16.7 Å². The Hall–Kier alpha value is -1.63. The SMILES string of the molecule is CN=C(NCC1(c2ccccc2Cl)CCOCC1)N(C)Cc1csc(C)n1. The topological polar surface area (TPSA) is 49.8 Å². The molecule has 27 heavy (non-hydrogen) atoms. The van der Waals surface area contributed by atoms with E-state index in [1.54, 1.807) is 11.3 Å². The largest absolute Gasteiger partial charge is 0.381 e. The van der Waals surface area contributed by atoms with Gasteiger partial charge in [0.15, 0.2) is 5.96 Å². The molecule has 0 atom stereocenters. The third kappa shape index (κ3) is 4.81. The van der Waals surface area contributed by atoms with E-state index in [1.165, 1.54) is 5.56 Å². The lowest BCUT2D eigenvalue weighted by Gasteiger charge is -2.39. The molecule has 2 heterocycles. The number of aromatic nitrogens is 1. The van der Waals surface area contributed by atoms with Crippen LogP contribution >= 0.6 is 22.9 Å². The van der Waals surface area contributed by atoms with Gasteiger partial charge in [-0.15, -0.1) is 11.3 Å². The van der Waals surface area contributed by atoms with Crippen molar-refractivity contribution in [1.29, 1.82) is 0 Å². The first-order chi connectivity index (χ1) is 13.0. The highest BCUT2D eigenvalue weighted by molar-refractivity contribution is 7.09. The fraction of sp³-hybridized carbons (Fsp3) is 0.500. The summed E-state index contributed by atoms with van der Waals surface area (Å²) in [7, 11) is 3.85. The number of hydrogen-bond acceptors (Lipinski definition) is 4. The van der Waals surface area contributed by atoms with Gasteiger partial charge in [-0.3, -0.25) is 4.99 Å². The number of aliphatic imine (C=N–C) groups is 1. The molecule has 0 bridgehead atoms. The average Bonchev–Trinajstić information content (AvgIpc) is 3.08. The minimum absolute atomic E-state index is 0.0510. The van der Waals surface area contributed by atoms with Crippen LogP contribution in [0.3, 0.4) is 0 Å². The van der Waals surface area contributed by atoms with Gasteiger partial charge >= 0.3 is 0 Å². The Morgan fingerprint density at radius 3 is 2.74 bits per heavy atom. The summed E-state index contributed by atoms with van der Waals surface area (Å²) in [5.74, 6) is 0.860. The first-order valence-corrected chi connectivity index (χ1v) is 10.5. The van der Waals surface area contributed by atoms with E-state index in [0.29, 0.717) is 0 Å². The van der Waals surface area contributed by atoms with Crippen LogP contribution in [0.25, 0.3) is 0 Å². The summed E-state index contributed by atoms with van der Waals surface area (Å²) in [5, 5.41) is 7.58. The number of thiazole rings is 1. The van der Waals surface area contributed by atoms with Crippen LogP contribution in [0, 0.1) is 6.92 Å². The molecule has 146 valence electrons. The van der Waals surface area contributed by atoms with Gasteiger partial charge in [0.25, 0.3) is 0 Å². The Bertz CT molecular complexity index is 786. The number of halogens is 1. The normalized spacial score (nSPS) is 17.0. The van der Waals surface area contributed by atoms with Crippen LogP contribution in [0.5, 0.6) is 0 Å². The van der Waals surface area contributed by atoms with Crippen LogP contribution in [0.1, 0.15) is 29.1 Å². The maximum atomic E-state index is 6.55. The first-order valence-electron chi connectivity index (χ1n) is 9.20. The number of benzene rings is 1. The Morgan fingerprint density at radius 1 is 1.37 bits per heavy atom. The number of aryl methyl sites for hydroxylation is 1. The van der Waals surface area contributed by atoms with Gasteiger partial charge < -0.3 is 15.0 Å². The van der Waals surface area contributed by atoms with E-state index in [9.17, 15) is 0 Å². The highest BCUT2D eigenvalue weighted by Gasteiger charge is 2.36. The first kappa shape index (κ1) is 20.1. The highest BCUT2D eigenvalue weighted by Crippen LogP contribution is 2.38. The Kier molecular flexibility index (Phi) is 6.73. The molecule has 0 unspecified atom stereocenters. The zero-order chi connectivity index (χ0) is 19.3. The molecule has 2 aromatic rings. The predicted molar refractivity (Wildman–Crippen MR) is 113 cm³/mol. The number of nitrogens with one attached hydrogen (secondary N) is 1. The Morgan fingerprint density at radius 2 is 2.11 bits per heavy atom. The van der Waals surface area contributed by atoms with Crippen LogP contribution < -0.4 is 5.32 Å². The van der Waals surface area contributed by atoms with Crippen LogP contribution in [0.4, 0.5) is 0 Å². The second kappa shape index (κ2) is 9.04. The molecule has 0 spiro atoms. The fourth-order valence-electron chi connectivity index (χ4n) is 3.63. The lowest BCUT2D eigenvalue weighted by atomic mass is 9.74. The molecule has 0 radical (unpaired) electrons.